The van der Waals surface area contributed by atoms with Crippen molar-refractivity contribution >= 4 is 22.7 Å². The van der Waals surface area contributed by atoms with Gasteiger partial charge in [0.15, 0.2) is 0 Å². The molecule has 3 rings (SSSR count). The molecule has 0 radical (unpaired) electrons. The maximum absolute atomic E-state index is 4.65. The van der Waals surface area contributed by atoms with E-state index in [0.29, 0.717) is 17.4 Å². The van der Waals surface area contributed by atoms with E-state index in [1.165, 1.54) is 25.7 Å². The summed E-state index contributed by atoms with van der Waals surface area (Å²) in [4.78, 5) is 9.17. The van der Waals surface area contributed by atoms with Crippen molar-refractivity contribution in [1.82, 2.24) is 9.97 Å². The van der Waals surface area contributed by atoms with E-state index in [4.69, 9.17) is 0 Å². The van der Waals surface area contributed by atoms with E-state index >= 15 is 0 Å². The Balaban J connectivity index is 1.99. The lowest BCUT2D eigenvalue weighted by Crippen LogP contribution is -2.39. The Labute approximate surface area is 126 Å². The lowest BCUT2D eigenvalue weighted by molar-refractivity contribution is 0.217. The zero-order valence-electron chi connectivity index (χ0n) is 13.1. The van der Waals surface area contributed by atoms with Crippen molar-refractivity contribution in [2.45, 2.75) is 45.6 Å². The van der Waals surface area contributed by atoms with Gasteiger partial charge in [-0.3, -0.25) is 0 Å². The van der Waals surface area contributed by atoms with E-state index in [-0.39, 0.29) is 0 Å². The molecule has 1 saturated carbocycles. The summed E-state index contributed by atoms with van der Waals surface area (Å²) in [5.74, 6) is 1.62. The number of anilines is 2. The van der Waals surface area contributed by atoms with Crippen molar-refractivity contribution < 1.29 is 0 Å². The molecule has 1 aliphatic rings. The van der Waals surface area contributed by atoms with Crippen molar-refractivity contribution in [3.8, 4) is 0 Å². The fourth-order valence-corrected chi connectivity index (χ4v) is 3.23. The second-order valence-corrected chi connectivity index (χ2v) is 6.59. The molecular weight excluding hydrogens is 260 g/mol. The average molecular weight is 284 g/mol. The van der Waals surface area contributed by atoms with E-state index in [1.807, 2.05) is 25.2 Å². The number of nitrogens with one attached hydrogen (secondary N) is 2. The van der Waals surface area contributed by atoms with Gasteiger partial charge in [0.25, 0.3) is 0 Å². The molecule has 4 nitrogen and oxygen atoms in total. The molecule has 0 spiro atoms. The summed E-state index contributed by atoms with van der Waals surface area (Å²) in [6.45, 7) is 4.71. The highest BCUT2D eigenvalue weighted by Crippen LogP contribution is 2.38. The van der Waals surface area contributed by atoms with Gasteiger partial charge in [-0.05, 0) is 30.4 Å². The van der Waals surface area contributed by atoms with Crippen LogP contribution in [0.1, 0.15) is 39.5 Å². The highest BCUT2D eigenvalue weighted by Gasteiger charge is 2.32. The van der Waals surface area contributed by atoms with E-state index in [2.05, 4.69) is 40.5 Å². The van der Waals surface area contributed by atoms with Crippen molar-refractivity contribution in [1.29, 1.82) is 0 Å². The summed E-state index contributed by atoms with van der Waals surface area (Å²) < 4.78 is 0. The van der Waals surface area contributed by atoms with Crippen LogP contribution in [0.25, 0.3) is 10.9 Å². The number of hydrogen-bond donors (Lipinski definition) is 2. The van der Waals surface area contributed by atoms with Crippen LogP contribution in [-0.2, 0) is 0 Å². The first-order valence-corrected chi connectivity index (χ1v) is 7.81. The first kappa shape index (κ1) is 14.1. The van der Waals surface area contributed by atoms with Gasteiger partial charge in [0, 0.05) is 18.5 Å². The van der Waals surface area contributed by atoms with Crippen LogP contribution in [0.2, 0.25) is 0 Å². The zero-order valence-corrected chi connectivity index (χ0v) is 13.1. The van der Waals surface area contributed by atoms with Crippen molar-refractivity contribution in [2.75, 3.05) is 17.7 Å². The number of hydrogen-bond acceptors (Lipinski definition) is 4. The van der Waals surface area contributed by atoms with Crippen molar-refractivity contribution in [3.63, 3.8) is 0 Å². The van der Waals surface area contributed by atoms with Crippen LogP contribution in [0.4, 0.5) is 11.8 Å². The summed E-state index contributed by atoms with van der Waals surface area (Å²) in [5, 5.41) is 7.85. The number of aromatic nitrogens is 2. The van der Waals surface area contributed by atoms with E-state index in [9.17, 15) is 0 Å². The van der Waals surface area contributed by atoms with Crippen LogP contribution >= 0.6 is 0 Å². The van der Waals surface area contributed by atoms with Gasteiger partial charge in [0.05, 0.1) is 5.52 Å². The third-order valence-electron chi connectivity index (χ3n) is 4.65. The highest BCUT2D eigenvalue weighted by atomic mass is 15.1. The number of fused-ring (bicyclic) bond motifs is 1. The lowest BCUT2D eigenvalue weighted by Gasteiger charge is -2.39. The molecule has 21 heavy (non-hydrogen) atoms. The zero-order chi connectivity index (χ0) is 14.9. The smallest absolute Gasteiger partial charge is 0.224 e. The number of para-hydroxylation sites is 1. The molecular formula is C17H24N4. The molecule has 1 atom stereocenters. The third-order valence-corrected chi connectivity index (χ3v) is 4.65. The monoisotopic (exact) mass is 284 g/mol. The number of nitrogens with zero attached hydrogens (tertiary/aromatic N) is 2. The standard InChI is InChI=1S/C17H24N4/c1-17(2)11-7-6-10-14(17)20-15-12-8-4-5-9-13(12)19-16(18-3)21-15/h4-5,8-9,14H,6-7,10-11H2,1-3H3,(H2,18,19,20,21). The quantitative estimate of drug-likeness (QED) is 0.892. The van der Waals surface area contributed by atoms with Crippen LogP contribution in [0.15, 0.2) is 24.3 Å². The summed E-state index contributed by atoms with van der Waals surface area (Å²) in [7, 11) is 1.86. The van der Waals surface area contributed by atoms with Crippen LogP contribution in [-0.4, -0.2) is 23.1 Å². The van der Waals surface area contributed by atoms with Gasteiger partial charge in [-0.25, -0.2) is 4.98 Å². The Morgan fingerprint density at radius 2 is 1.95 bits per heavy atom. The fourth-order valence-electron chi connectivity index (χ4n) is 3.23. The van der Waals surface area contributed by atoms with E-state index in [1.54, 1.807) is 0 Å². The molecule has 1 aromatic carbocycles. The molecule has 1 aromatic heterocycles. The van der Waals surface area contributed by atoms with Gasteiger partial charge in [-0.15, -0.1) is 0 Å². The minimum atomic E-state index is 0.310. The Hall–Kier alpha value is -1.84. The molecule has 112 valence electrons. The molecule has 1 aliphatic carbocycles. The lowest BCUT2D eigenvalue weighted by atomic mass is 9.73. The van der Waals surface area contributed by atoms with Gasteiger partial charge in [-0.1, -0.05) is 38.8 Å². The first-order chi connectivity index (χ1) is 10.1. The van der Waals surface area contributed by atoms with Crippen LogP contribution in [0.3, 0.4) is 0 Å². The third kappa shape index (κ3) is 2.80. The Bertz CT molecular complexity index is 636. The normalized spacial score (nSPS) is 21.2. The molecule has 0 amide bonds. The molecule has 2 N–H and O–H groups in total. The second-order valence-electron chi connectivity index (χ2n) is 6.59. The predicted octanol–water partition coefficient (Wildman–Crippen LogP) is 4.05. The molecule has 0 bridgehead atoms. The molecule has 0 saturated heterocycles. The Kier molecular flexibility index (Phi) is 3.70. The van der Waals surface area contributed by atoms with Crippen molar-refractivity contribution in [2.24, 2.45) is 5.41 Å². The predicted molar refractivity (Wildman–Crippen MR) is 88.7 cm³/mol. The van der Waals surface area contributed by atoms with Gasteiger partial charge in [0.1, 0.15) is 5.82 Å². The van der Waals surface area contributed by atoms with Crippen molar-refractivity contribution in [3.05, 3.63) is 24.3 Å². The Morgan fingerprint density at radius 1 is 1.14 bits per heavy atom. The number of rotatable bonds is 3. The summed E-state index contributed by atoms with van der Waals surface area (Å²) in [6, 6.07) is 8.65. The molecule has 2 aromatic rings. The molecule has 1 heterocycles. The number of benzene rings is 1. The van der Waals surface area contributed by atoms with Gasteiger partial charge >= 0.3 is 0 Å². The fraction of sp³-hybridized carbons (Fsp3) is 0.529. The van der Waals surface area contributed by atoms with Gasteiger partial charge < -0.3 is 10.6 Å². The van der Waals surface area contributed by atoms with Crippen LogP contribution in [0.5, 0.6) is 0 Å². The molecule has 0 aliphatic heterocycles. The second kappa shape index (κ2) is 5.51. The summed E-state index contributed by atoms with van der Waals surface area (Å²) >= 11 is 0. The van der Waals surface area contributed by atoms with E-state index in [0.717, 1.165) is 16.7 Å². The van der Waals surface area contributed by atoms with Gasteiger partial charge in [0.2, 0.25) is 5.95 Å². The van der Waals surface area contributed by atoms with Crippen LogP contribution in [0, 0.1) is 5.41 Å². The summed E-state index contributed by atoms with van der Waals surface area (Å²) in [6.07, 6.45) is 5.10. The first-order valence-electron chi connectivity index (χ1n) is 7.81. The topological polar surface area (TPSA) is 49.8 Å². The minimum Gasteiger partial charge on any atom is -0.366 e. The largest absolute Gasteiger partial charge is 0.366 e. The van der Waals surface area contributed by atoms with E-state index < -0.39 is 0 Å². The molecule has 1 unspecified atom stereocenters. The summed E-state index contributed by atoms with van der Waals surface area (Å²) in [5.41, 5.74) is 1.29. The molecule has 4 heteroatoms. The maximum atomic E-state index is 4.65. The average Bonchev–Trinajstić information content (AvgIpc) is 2.49. The Morgan fingerprint density at radius 3 is 2.71 bits per heavy atom. The highest BCUT2D eigenvalue weighted by molar-refractivity contribution is 5.90. The van der Waals surface area contributed by atoms with Gasteiger partial charge in [-0.2, -0.15) is 4.98 Å². The maximum Gasteiger partial charge on any atom is 0.224 e. The molecule has 1 fully saturated rings. The minimum absolute atomic E-state index is 0.310. The van der Waals surface area contributed by atoms with Crippen LogP contribution < -0.4 is 10.6 Å². The SMILES string of the molecule is CNc1nc(NC2CCCCC2(C)C)c2ccccc2n1.